The van der Waals surface area contributed by atoms with Gasteiger partial charge in [-0.05, 0) is 31.5 Å². The normalized spacial score (nSPS) is 18.8. The lowest BCUT2D eigenvalue weighted by Gasteiger charge is -2.32. The first-order chi connectivity index (χ1) is 11.1. The van der Waals surface area contributed by atoms with E-state index in [9.17, 15) is 0 Å². The standard InChI is InChI=1S/C18H31N5/c1-4-15(2)21-18(19)20-13-16-5-7-17(8-6-16)14-23-11-9-22(3)10-12-23/h5-8,15H,4,9-14H2,1-3H3,(H3,19,20,21). The van der Waals surface area contributed by atoms with Gasteiger partial charge in [0, 0.05) is 38.8 Å². The van der Waals surface area contributed by atoms with E-state index in [0.29, 0.717) is 18.5 Å². The van der Waals surface area contributed by atoms with E-state index in [0.717, 1.165) is 39.1 Å². The van der Waals surface area contributed by atoms with Crippen LogP contribution in [0.2, 0.25) is 0 Å². The Kier molecular flexibility index (Phi) is 6.86. The lowest BCUT2D eigenvalue weighted by Crippen LogP contribution is -2.43. The molecule has 128 valence electrons. The third kappa shape index (κ3) is 6.20. The summed E-state index contributed by atoms with van der Waals surface area (Å²) in [5.74, 6) is 0.529. The molecular formula is C18H31N5. The lowest BCUT2D eigenvalue weighted by molar-refractivity contribution is 0.148. The van der Waals surface area contributed by atoms with Gasteiger partial charge in [-0.1, -0.05) is 31.2 Å². The minimum Gasteiger partial charge on any atom is -0.370 e. The molecule has 1 aromatic rings. The highest BCUT2D eigenvalue weighted by molar-refractivity contribution is 5.78. The molecule has 3 N–H and O–H groups in total. The van der Waals surface area contributed by atoms with Crippen molar-refractivity contribution in [1.82, 2.24) is 15.1 Å². The molecule has 0 amide bonds. The number of guanidine groups is 1. The zero-order chi connectivity index (χ0) is 16.7. The van der Waals surface area contributed by atoms with Crippen LogP contribution in [0.25, 0.3) is 0 Å². The van der Waals surface area contributed by atoms with Gasteiger partial charge in [-0.2, -0.15) is 0 Å². The van der Waals surface area contributed by atoms with E-state index in [1.807, 2.05) is 0 Å². The second-order valence-corrected chi connectivity index (χ2v) is 6.55. The number of benzene rings is 1. The van der Waals surface area contributed by atoms with Gasteiger partial charge in [0.15, 0.2) is 5.96 Å². The summed E-state index contributed by atoms with van der Waals surface area (Å²) in [5.41, 5.74) is 8.45. The van der Waals surface area contributed by atoms with Crippen LogP contribution < -0.4 is 11.1 Å². The molecule has 1 aliphatic heterocycles. The predicted molar refractivity (Wildman–Crippen MR) is 97.4 cm³/mol. The summed E-state index contributed by atoms with van der Waals surface area (Å²) in [4.78, 5) is 9.30. The molecule has 1 aliphatic rings. The fraction of sp³-hybridized carbons (Fsp3) is 0.611. The summed E-state index contributed by atoms with van der Waals surface area (Å²) in [6.45, 7) is 10.5. The van der Waals surface area contributed by atoms with Crippen LogP contribution in [0.15, 0.2) is 29.3 Å². The van der Waals surface area contributed by atoms with Crippen LogP contribution in [0, 0.1) is 0 Å². The van der Waals surface area contributed by atoms with Gasteiger partial charge in [0.1, 0.15) is 0 Å². The van der Waals surface area contributed by atoms with E-state index in [1.165, 1.54) is 11.1 Å². The van der Waals surface area contributed by atoms with E-state index < -0.39 is 0 Å². The Morgan fingerprint density at radius 1 is 1.17 bits per heavy atom. The Bertz CT molecular complexity index is 489. The quantitative estimate of drug-likeness (QED) is 0.618. The molecule has 1 unspecified atom stereocenters. The molecular weight excluding hydrogens is 286 g/mol. The molecule has 1 fully saturated rings. The number of nitrogens with two attached hydrogens (primary N) is 1. The Morgan fingerprint density at radius 3 is 2.39 bits per heavy atom. The molecule has 0 spiro atoms. The zero-order valence-electron chi connectivity index (χ0n) is 14.8. The summed E-state index contributed by atoms with van der Waals surface area (Å²) in [5, 5.41) is 3.19. The van der Waals surface area contributed by atoms with Gasteiger partial charge in [-0.3, -0.25) is 4.90 Å². The molecule has 23 heavy (non-hydrogen) atoms. The summed E-state index contributed by atoms with van der Waals surface area (Å²) in [6, 6.07) is 9.10. The van der Waals surface area contributed by atoms with Crippen molar-refractivity contribution < 1.29 is 0 Å². The van der Waals surface area contributed by atoms with Crippen molar-refractivity contribution in [2.45, 2.75) is 39.4 Å². The Hall–Kier alpha value is -1.59. The molecule has 0 saturated carbocycles. The van der Waals surface area contributed by atoms with Gasteiger partial charge in [0.25, 0.3) is 0 Å². The van der Waals surface area contributed by atoms with Crippen molar-refractivity contribution in [3.8, 4) is 0 Å². The zero-order valence-corrected chi connectivity index (χ0v) is 14.8. The summed E-state index contributed by atoms with van der Waals surface area (Å²) >= 11 is 0. The Morgan fingerprint density at radius 2 is 1.78 bits per heavy atom. The van der Waals surface area contributed by atoms with Crippen molar-refractivity contribution in [2.24, 2.45) is 10.7 Å². The van der Waals surface area contributed by atoms with Crippen LogP contribution >= 0.6 is 0 Å². The van der Waals surface area contributed by atoms with Gasteiger partial charge < -0.3 is 16.0 Å². The minimum absolute atomic E-state index is 0.365. The first-order valence-corrected chi connectivity index (χ1v) is 8.62. The van der Waals surface area contributed by atoms with Crippen LogP contribution in [0.1, 0.15) is 31.4 Å². The average molecular weight is 317 g/mol. The van der Waals surface area contributed by atoms with E-state index in [2.05, 4.69) is 65.3 Å². The first kappa shape index (κ1) is 17.8. The second kappa shape index (κ2) is 8.89. The largest absolute Gasteiger partial charge is 0.370 e. The van der Waals surface area contributed by atoms with Gasteiger partial charge in [0.2, 0.25) is 0 Å². The molecule has 1 heterocycles. The van der Waals surface area contributed by atoms with Crippen molar-refractivity contribution in [3.63, 3.8) is 0 Å². The minimum atomic E-state index is 0.365. The fourth-order valence-corrected chi connectivity index (χ4v) is 2.59. The highest BCUT2D eigenvalue weighted by Crippen LogP contribution is 2.10. The van der Waals surface area contributed by atoms with Crippen molar-refractivity contribution >= 4 is 5.96 Å². The number of nitrogens with zero attached hydrogens (tertiary/aromatic N) is 3. The molecule has 1 aromatic carbocycles. The molecule has 1 saturated heterocycles. The number of piperazine rings is 1. The maximum Gasteiger partial charge on any atom is 0.189 e. The van der Waals surface area contributed by atoms with Crippen molar-refractivity contribution in [1.29, 1.82) is 0 Å². The molecule has 5 nitrogen and oxygen atoms in total. The lowest BCUT2D eigenvalue weighted by atomic mass is 10.1. The van der Waals surface area contributed by atoms with Crippen LogP contribution in [0.5, 0.6) is 0 Å². The highest BCUT2D eigenvalue weighted by Gasteiger charge is 2.13. The third-order valence-electron chi connectivity index (χ3n) is 4.46. The van der Waals surface area contributed by atoms with E-state index >= 15 is 0 Å². The maximum absolute atomic E-state index is 5.89. The summed E-state index contributed by atoms with van der Waals surface area (Å²) in [6.07, 6.45) is 1.04. The Labute approximate surface area is 140 Å². The monoisotopic (exact) mass is 317 g/mol. The Balaban J connectivity index is 1.81. The predicted octanol–water partition coefficient (Wildman–Crippen LogP) is 1.64. The molecule has 1 atom stereocenters. The van der Waals surface area contributed by atoms with Gasteiger partial charge >= 0.3 is 0 Å². The van der Waals surface area contributed by atoms with Gasteiger partial charge in [-0.15, -0.1) is 0 Å². The van der Waals surface area contributed by atoms with E-state index in [4.69, 9.17) is 5.73 Å². The number of likely N-dealkylation sites (N-methyl/N-ethyl adjacent to an activating group) is 1. The van der Waals surface area contributed by atoms with Crippen LogP contribution in [-0.2, 0) is 13.1 Å². The number of aliphatic imine (C=N–C) groups is 1. The summed E-state index contributed by atoms with van der Waals surface area (Å²) < 4.78 is 0. The number of hydrogen-bond acceptors (Lipinski definition) is 3. The van der Waals surface area contributed by atoms with Crippen molar-refractivity contribution in [3.05, 3.63) is 35.4 Å². The van der Waals surface area contributed by atoms with E-state index in [-0.39, 0.29) is 0 Å². The van der Waals surface area contributed by atoms with Crippen LogP contribution in [-0.4, -0.2) is 55.0 Å². The maximum atomic E-state index is 5.89. The number of rotatable bonds is 6. The van der Waals surface area contributed by atoms with Gasteiger partial charge in [0.05, 0.1) is 6.54 Å². The fourth-order valence-electron chi connectivity index (χ4n) is 2.59. The van der Waals surface area contributed by atoms with Gasteiger partial charge in [-0.25, -0.2) is 4.99 Å². The molecule has 5 heteroatoms. The molecule has 2 rings (SSSR count). The van der Waals surface area contributed by atoms with E-state index in [1.54, 1.807) is 0 Å². The smallest absolute Gasteiger partial charge is 0.189 e. The third-order valence-corrected chi connectivity index (χ3v) is 4.46. The molecule has 0 radical (unpaired) electrons. The summed E-state index contributed by atoms with van der Waals surface area (Å²) in [7, 11) is 2.19. The topological polar surface area (TPSA) is 56.9 Å². The SMILES string of the molecule is CCC(C)NC(N)=NCc1ccc(CN2CCN(C)CC2)cc1. The first-order valence-electron chi connectivity index (χ1n) is 8.62. The second-order valence-electron chi connectivity index (χ2n) is 6.55. The molecule has 0 bridgehead atoms. The van der Waals surface area contributed by atoms with Crippen molar-refractivity contribution in [2.75, 3.05) is 33.2 Å². The number of nitrogens with one attached hydrogen (secondary N) is 1. The molecule has 0 aromatic heterocycles. The highest BCUT2D eigenvalue weighted by atomic mass is 15.2. The van der Waals surface area contributed by atoms with Crippen LogP contribution in [0.4, 0.5) is 0 Å². The average Bonchev–Trinajstić information content (AvgIpc) is 2.56. The molecule has 0 aliphatic carbocycles. The number of hydrogen-bond donors (Lipinski definition) is 2. The van der Waals surface area contributed by atoms with Crippen LogP contribution in [0.3, 0.4) is 0 Å².